The van der Waals surface area contributed by atoms with Crippen LogP contribution in [0.3, 0.4) is 0 Å². The molecule has 2 aromatic rings. The molecule has 0 aliphatic carbocycles. The lowest BCUT2D eigenvalue weighted by Gasteiger charge is -2.32. The molecule has 0 saturated heterocycles. The molecule has 0 bridgehead atoms. The molecule has 0 amide bonds. The number of nitrogens with zero attached hydrogens (tertiary/aromatic N) is 3. The van der Waals surface area contributed by atoms with Crippen LogP contribution in [0, 0.1) is 0 Å². The molecule has 21 heavy (non-hydrogen) atoms. The van der Waals surface area contributed by atoms with E-state index in [2.05, 4.69) is 34.9 Å². The van der Waals surface area contributed by atoms with Crippen LogP contribution in [0.1, 0.15) is 0 Å². The number of nitrogen functional groups attached to an aromatic ring is 1. The van der Waals surface area contributed by atoms with Gasteiger partial charge in [0.05, 0.1) is 17.9 Å². The Hall–Kier alpha value is -1.79. The van der Waals surface area contributed by atoms with E-state index >= 15 is 0 Å². The molecule has 0 unspecified atom stereocenters. The maximum Gasteiger partial charge on any atom is 0.180 e. The van der Waals surface area contributed by atoms with Crippen LogP contribution in [0.25, 0.3) is 11.3 Å². The minimum atomic E-state index is 0.600. The van der Waals surface area contributed by atoms with Gasteiger partial charge in [0, 0.05) is 24.0 Å². The largest absolute Gasteiger partial charge is 0.490 e. The predicted molar refractivity (Wildman–Crippen MR) is 88.2 cm³/mol. The fourth-order valence-electron chi connectivity index (χ4n) is 2.41. The number of benzene rings is 1. The Labute approximate surface area is 129 Å². The van der Waals surface area contributed by atoms with Gasteiger partial charge in [0.1, 0.15) is 12.4 Å². The zero-order valence-corrected chi connectivity index (χ0v) is 13.2. The number of aromatic nitrogens is 1. The van der Waals surface area contributed by atoms with Crippen molar-refractivity contribution in [3.8, 4) is 17.0 Å². The highest BCUT2D eigenvalue weighted by Crippen LogP contribution is 2.36. The van der Waals surface area contributed by atoms with Crippen LogP contribution >= 0.6 is 11.3 Å². The Bertz CT molecular complexity index is 626. The molecule has 112 valence electrons. The molecule has 0 atom stereocenters. The van der Waals surface area contributed by atoms with E-state index in [0.29, 0.717) is 5.13 Å². The third-order valence-corrected chi connectivity index (χ3v) is 4.23. The van der Waals surface area contributed by atoms with Crippen molar-refractivity contribution in [2.24, 2.45) is 0 Å². The Balaban J connectivity index is 1.89. The van der Waals surface area contributed by atoms with Gasteiger partial charge in [0.15, 0.2) is 5.13 Å². The van der Waals surface area contributed by atoms with Crippen molar-refractivity contribution in [2.75, 3.05) is 51.0 Å². The lowest BCUT2D eigenvalue weighted by atomic mass is 10.1. The van der Waals surface area contributed by atoms with Gasteiger partial charge in [-0.3, -0.25) is 0 Å². The van der Waals surface area contributed by atoms with Crippen LogP contribution in [0.15, 0.2) is 23.6 Å². The number of thiazole rings is 1. The predicted octanol–water partition coefficient (Wildman–Crippen LogP) is 2.15. The molecule has 2 N–H and O–H groups in total. The van der Waals surface area contributed by atoms with E-state index in [0.717, 1.165) is 48.9 Å². The van der Waals surface area contributed by atoms with Crippen LogP contribution < -0.4 is 15.4 Å². The van der Waals surface area contributed by atoms with E-state index < -0.39 is 0 Å². The topological polar surface area (TPSA) is 54.6 Å². The van der Waals surface area contributed by atoms with Crippen LogP contribution in [0.5, 0.6) is 5.75 Å². The molecule has 0 fully saturated rings. The summed E-state index contributed by atoms with van der Waals surface area (Å²) in [7, 11) is 4.19. The Morgan fingerprint density at radius 1 is 1.43 bits per heavy atom. The number of rotatable bonds is 4. The first-order chi connectivity index (χ1) is 10.1. The fourth-order valence-corrected chi connectivity index (χ4v) is 2.98. The molecule has 3 rings (SSSR count). The highest BCUT2D eigenvalue weighted by molar-refractivity contribution is 7.13. The van der Waals surface area contributed by atoms with Crippen molar-refractivity contribution < 1.29 is 4.74 Å². The monoisotopic (exact) mass is 304 g/mol. The number of hydrogen-bond acceptors (Lipinski definition) is 6. The SMILES string of the molecule is CN(C)CCN1CCOc2ccc(-c3csc(N)n3)cc21. The van der Waals surface area contributed by atoms with E-state index in [9.17, 15) is 0 Å². The van der Waals surface area contributed by atoms with Crippen molar-refractivity contribution in [2.45, 2.75) is 0 Å². The molecule has 5 nitrogen and oxygen atoms in total. The molecule has 2 heterocycles. The van der Waals surface area contributed by atoms with Crippen molar-refractivity contribution in [3.05, 3.63) is 23.6 Å². The summed E-state index contributed by atoms with van der Waals surface area (Å²) in [4.78, 5) is 8.93. The van der Waals surface area contributed by atoms with Crippen molar-refractivity contribution >= 4 is 22.2 Å². The molecule has 1 aliphatic heterocycles. The average molecular weight is 304 g/mol. The summed E-state index contributed by atoms with van der Waals surface area (Å²) in [5.41, 5.74) is 8.89. The fraction of sp³-hybridized carbons (Fsp3) is 0.400. The molecule has 6 heteroatoms. The number of hydrogen-bond donors (Lipinski definition) is 1. The quantitative estimate of drug-likeness (QED) is 0.938. The van der Waals surface area contributed by atoms with Crippen molar-refractivity contribution in [3.63, 3.8) is 0 Å². The van der Waals surface area contributed by atoms with Crippen LogP contribution in [-0.2, 0) is 0 Å². The molecule has 1 aromatic heterocycles. The number of fused-ring (bicyclic) bond motifs is 1. The number of nitrogens with two attached hydrogens (primary N) is 1. The first kappa shape index (κ1) is 14.2. The lowest BCUT2D eigenvalue weighted by molar-refractivity contribution is 0.303. The summed E-state index contributed by atoms with van der Waals surface area (Å²) >= 11 is 1.47. The summed E-state index contributed by atoms with van der Waals surface area (Å²) in [6.45, 7) is 3.67. The zero-order valence-electron chi connectivity index (χ0n) is 12.4. The molecule has 0 radical (unpaired) electrons. The summed E-state index contributed by atoms with van der Waals surface area (Å²) in [5.74, 6) is 0.951. The van der Waals surface area contributed by atoms with Gasteiger partial charge in [-0.15, -0.1) is 11.3 Å². The summed E-state index contributed by atoms with van der Waals surface area (Å²) in [5, 5.41) is 2.59. The van der Waals surface area contributed by atoms with Crippen LogP contribution in [0.2, 0.25) is 0 Å². The Morgan fingerprint density at radius 3 is 3.00 bits per heavy atom. The third-order valence-electron chi connectivity index (χ3n) is 3.55. The molecule has 0 saturated carbocycles. The highest BCUT2D eigenvalue weighted by atomic mass is 32.1. The number of anilines is 2. The molecular weight excluding hydrogens is 284 g/mol. The van der Waals surface area contributed by atoms with E-state index in [4.69, 9.17) is 10.5 Å². The van der Waals surface area contributed by atoms with Gasteiger partial charge in [-0.25, -0.2) is 4.98 Å². The van der Waals surface area contributed by atoms with Gasteiger partial charge < -0.3 is 20.3 Å². The maximum atomic E-state index is 5.76. The van der Waals surface area contributed by atoms with Crippen LogP contribution in [0.4, 0.5) is 10.8 Å². The standard InChI is InChI=1S/C15H20N4OS/c1-18(2)5-6-19-7-8-20-14-4-3-11(9-13(14)19)12-10-21-15(16)17-12/h3-4,9-10H,5-8H2,1-2H3,(H2,16,17). The summed E-state index contributed by atoms with van der Waals surface area (Å²) < 4.78 is 5.76. The Morgan fingerprint density at radius 2 is 2.29 bits per heavy atom. The molecule has 1 aromatic carbocycles. The third kappa shape index (κ3) is 3.11. The first-order valence-electron chi connectivity index (χ1n) is 7.01. The van der Waals surface area contributed by atoms with Gasteiger partial charge >= 0.3 is 0 Å². The minimum absolute atomic E-state index is 0.600. The second-order valence-corrected chi connectivity index (χ2v) is 6.28. The summed E-state index contributed by atoms with van der Waals surface area (Å²) in [6, 6.07) is 6.23. The maximum absolute atomic E-state index is 5.76. The first-order valence-corrected chi connectivity index (χ1v) is 7.89. The van der Waals surface area contributed by atoms with Crippen molar-refractivity contribution in [1.82, 2.24) is 9.88 Å². The van der Waals surface area contributed by atoms with Gasteiger partial charge in [-0.05, 0) is 32.3 Å². The average Bonchev–Trinajstić information content (AvgIpc) is 2.91. The van der Waals surface area contributed by atoms with E-state index in [1.165, 1.54) is 11.3 Å². The zero-order chi connectivity index (χ0) is 14.8. The molecule has 0 spiro atoms. The van der Waals surface area contributed by atoms with E-state index in [1.54, 1.807) is 0 Å². The number of ether oxygens (including phenoxy) is 1. The lowest BCUT2D eigenvalue weighted by Crippen LogP contribution is -2.37. The summed E-state index contributed by atoms with van der Waals surface area (Å²) in [6.07, 6.45) is 0. The van der Waals surface area contributed by atoms with Gasteiger partial charge in [0.2, 0.25) is 0 Å². The molecule has 1 aliphatic rings. The van der Waals surface area contributed by atoms with Gasteiger partial charge in [0.25, 0.3) is 0 Å². The van der Waals surface area contributed by atoms with E-state index in [1.807, 2.05) is 17.5 Å². The van der Waals surface area contributed by atoms with Crippen LogP contribution in [-0.4, -0.2) is 50.2 Å². The van der Waals surface area contributed by atoms with Gasteiger partial charge in [-0.2, -0.15) is 0 Å². The molecular formula is C15H20N4OS. The normalized spacial score (nSPS) is 14.1. The highest BCUT2D eigenvalue weighted by Gasteiger charge is 2.19. The van der Waals surface area contributed by atoms with Crippen molar-refractivity contribution in [1.29, 1.82) is 0 Å². The Kier molecular flexibility index (Phi) is 3.98. The number of likely N-dealkylation sites (N-methyl/N-ethyl adjacent to an activating group) is 1. The van der Waals surface area contributed by atoms with Gasteiger partial charge in [-0.1, -0.05) is 0 Å². The van der Waals surface area contributed by atoms with E-state index in [-0.39, 0.29) is 0 Å². The minimum Gasteiger partial charge on any atom is -0.490 e. The second kappa shape index (κ2) is 5.91. The smallest absolute Gasteiger partial charge is 0.180 e. The second-order valence-electron chi connectivity index (χ2n) is 5.39.